The lowest BCUT2D eigenvalue weighted by molar-refractivity contribution is -0.142. The summed E-state index contributed by atoms with van der Waals surface area (Å²) in [7, 11) is 1.22. The smallest absolute Gasteiger partial charge is 0.331 e. The number of nitriles is 1. The van der Waals surface area contributed by atoms with Gasteiger partial charge in [0.1, 0.15) is 0 Å². The van der Waals surface area contributed by atoms with Gasteiger partial charge in [-0.05, 0) is 17.7 Å². The molecule has 0 amide bonds. The predicted molar refractivity (Wildman–Crippen MR) is 58.8 cm³/mol. The van der Waals surface area contributed by atoms with E-state index in [1.807, 2.05) is 6.07 Å². The third kappa shape index (κ3) is 3.56. The second-order valence-electron chi connectivity index (χ2n) is 3.28. The van der Waals surface area contributed by atoms with Crippen LogP contribution in [0.3, 0.4) is 0 Å². The van der Waals surface area contributed by atoms with Gasteiger partial charge in [-0.25, -0.2) is 9.59 Å². The van der Waals surface area contributed by atoms with E-state index in [0.29, 0.717) is 5.56 Å². The first-order chi connectivity index (χ1) is 8.21. The van der Waals surface area contributed by atoms with Crippen molar-refractivity contribution in [3.8, 4) is 6.07 Å². The molecular formula is C12H10N2O3. The first kappa shape index (κ1) is 12.6. The Bertz CT molecular complexity index is 499. The van der Waals surface area contributed by atoms with Gasteiger partial charge in [-0.1, -0.05) is 12.1 Å². The molecular weight excluding hydrogens is 220 g/mol. The highest BCUT2D eigenvalue weighted by Gasteiger charge is 2.18. The van der Waals surface area contributed by atoms with Crippen LogP contribution in [0.4, 0.5) is 0 Å². The van der Waals surface area contributed by atoms with Gasteiger partial charge < -0.3 is 4.74 Å². The molecule has 1 atom stereocenters. The summed E-state index contributed by atoms with van der Waals surface area (Å²) in [6, 6.07) is 7.82. The van der Waals surface area contributed by atoms with E-state index in [-0.39, 0.29) is 6.42 Å². The van der Waals surface area contributed by atoms with Crippen LogP contribution in [-0.2, 0) is 20.7 Å². The topological polar surface area (TPSA) is 79.5 Å². The standard InChI is InChI=1S/C12H10N2O3/c1-17-12(16)11(14-8-15)6-9-3-2-4-10(5-9)7-13/h2-5,11H,6H2,1H3. The Balaban J connectivity index is 2.90. The zero-order valence-electron chi connectivity index (χ0n) is 9.21. The number of nitrogens with zero attached hydrogens (tertiary/aromatic N) is 2. The molecule has 0 aromatic heterocycles. The van der Waals surface area contributed by atoms with Gasteiger partial charge in [0.15, 0.2) is 6.04 Å². The van der Waals surface area contributed by atoms with Crippen molar-refractivity contribution in [1.29, 1.82) is 5.26 Å². The van der Waals surface area contributed by atoms with Crippen LogP contribution in [0.15, 0.2) is 29.3 Å². The molecule has 1 rings (SSSR count). The van der Waals surface area contributed by atoms with Crippen LogP contribution >= 0.6 is 0 Å². The van der Waals surface area contributed by atoms with Crippen LogP contribution in [0.5, 0.6) is 0 Å². The minimum atomic E-state index is -0.911. The zero-order chi connectivity index (χ0) is 12.7. The normalized spacial score (nSPS) is 10.8. The molecule has 5 nitrogen and oxygen atoms in total. The number of benzene rings is 1. The van der Waals surface area contributed by atoms with E-state index in [9.17, 15) is 9.59 Å². The summed E-state index contributed by atoms with van der Waals surface area (Å²) < 4.78 is 4.52. The minimum Gasteiger partial charge on any atom is -0.467 e. The molecule has 17 heavy (non-hydrogen) atoms. The Morgan fingerprint density at radius 3 is 2.94 bits per heavy atom. The van der Waals surface area contributed by atoms with Gasteiger partial charge in [0.05, 0.1) is 18.7 Å². The van der Waals surface area contributed by atoms with Gasteiger partial charge in [-0.2, -0.15) is 10.3 Å². The van der Waals surface area contributed by atoms with Crippen molar-refractivity contribution in [1.82, 2.24) is 0 Å². The SMILES string of the molecule is COC(=O)C(Cc1cccc(C#N)c1)N=C=O. The second kappa shape index (κ2) is 6.21. The molecule has 0 saturated heterocycles. The van der Waals surface area contributed by atoms with E-state index >= 15 is 0 Å². The summed E-state index contributed by atoms with van der Waals surface area (Å²) in [6.07, 6.45) is 1.55. The summed E-state index contributed by atoms with van der Waals surface area (Å²) in [5, 5.41) is 8.73. The fourth-order valence-electron chi connectivity index (χ4n) is 1.37. The number of isocyanates is 1. The monoisotopic (exact) mass is 230 g/mol. The molecule has 0 radical (unpaired) electrons. The van der Waals surface area contributed by atoms with Crippen LogP contribution in [-0.4, -0.2) is 25.2 Å². The van der Waals surface area contributed by atoms with Crippen molar-refractivity contribution >= 4 is 12.0 Å². The Kier molecular flexibility index (Phi) is 4.61. The van der Waals surface area contributed by atoms with E-state index in [1.165, 1.54) is 13.2 Å². The van der Waals surface area contributed by atoms with Crippen LogP contribution in [0.25, 0.3) is 0 Å². The van der Waals surface area contributed by atoms with Crippen molar-refractivity contribution in [2.75, 3.05) is 7.11 Å². The van der Waals surface area contributed by atoms with Gasteiger partial charge in [0.25, 0.3) is 0 Å². The maximum atomic E-state index is 11.3. The number of ether oxygens (including phenoxy) is 1. The lowest BCUT2D eigenvalue weighted by atomic mass is 10.0. The maximum Gasteiger partial charge on any atom is 0.331 e. The quantitative estimate of drug-likeness (QED) is 0.438. The summed E-state index contributed by atoms with van der Waals surface area (Å²) in [5.74, 6) is -0.601. The van der Waals surface area contributed by atoms with Crippen molar-refractivity contribution in [2.45, 2.75) is 12.5 Å². The summed E-state index contributed by atoms with van der Waals surface area (Å²) in [4.78, 5) is 24.9. The molecule has 5 heteroatoms. The van der Waals surface area contributed by atoms with Gasteiger partial charge >= 0.3 is 5.97 Å². The Labute approximate surface area is 98.3 Å². The van der Waals surface area contributed by atoms with E-state index < -0.39 is 12.0 Å². The number of rotatable bonds is 4. The van der Waals surface area contributed by atoms with E-state index in [1.54, 1.807) is 24.3 Å². The van der Waals surface area contributed by atoms with Crippen LogP contribution < -0.4 is 0 Å². The third-order valence-electron chi connectivity index (χ3n) is 2.17. The molecule has 1 aromatic rings. The Hall–Kier alpha value is -2.44. The molecule has 0 spiro atoms. The van der Waals surface area contributed by atoms with Gasteiger partial charge in [-0.3, -0.25) is 0 Å². The number of aliphatic imine (C=N–C) groups is 1. The molecule has 0 fully saturated rings. The highest BCUT2D eigenvalue weighted by molar-refractivity contribution is 5.77. The maximum absolute atomic E-state index is 11.3. The fraction of sp³-hybridized carbons (Fsp3) is 0.250. The number of carbonyl (C=O) groups is 1. The number of hydrogen-bond donors (Lipinski definition) is 0. The number of carbonyl (C=O) groups excluding carboxylic acids is 2. The van der Waals surface area contributed by atoms with Crippen molar-refractivity contribution < 1.29 is 14.3 Å². The zero-order valence-corrected chi connectivity index (χ0v) is 9.21. The molecule has 0 aliphatic carbocycles. The van der Waals surface area contributed by atoms with E-state index in [2.05, 4.69) is 9.73 Å². The molecule has 0 heterocycles. The van der Waals surface area contributed by atoms with Gasteiger partial charge in [-0.15, -0.1) is 0 Å². The predicted octanol–water partition coefficient (Wildman–Crippen LogP) is 0.978. The van der Waals surface area contributed by atoms with Crippen LogP contribution in [0.1, 0.15) is 11.1 Å². The summed E-state index contributed by atoms with van der Waals surface area (Å²) in [6.45, 7) is 0. The van der Waals surface area contributed by atoms with Gasteiger partial charge in [0.2, 0.25) is 6.08 Å². The van der Waals surface area contributed by atoms with E-state index in [4.69, 9.17) is 5.26 Å². The molecule has 0 saturated carbocycles. The number of esters is 1. The van der Waals surface area contributed by atoms with Crippen molar-refractivity contribution in [3.05, 3.63) is 35.4 Å². The van der Waals surface area contributed by atoms with Crippen molar-refractivity contribution in [2.24, 2.45) is 4.99 Å². The molecule has 0 aliphatic rings. The Morgan fingerprint density at radius 1 is 1.59 bits per heavy atom. The third-order valence-corrected chi connectivity index (χ3v) is 2.17. The van der Waals surface area contributed by atoms with Crippen LogP contribution in [0.2, 0.25) is 0 Å². The first-order valence-corrected chi connectivity index (χ1v) is 4.85. The molecule has 0 N–H and O–H groups in total. The number of methoxy groups -OCH3 is 1. The minimum absolute atomic E-state index is 0.206. The average molecular weight is 230 g/mol. The highest BCUT2D eigenvalue weighted by Crippen LogP contribution is 2.09. The first-order valence-electron chi connectivity index (χ1n) is 4.85. The largest absolute Gasteiger partial charge is 0.467 e. The van der Waals surface area contributed by atoms with Crippen molar-refractivity contribution in [3.63, 3.8) is 0 Å². The number of hydrogen-bond acceptors (Lipinski definition) is 5. The average Bonchev–Trinajstić information content (AvgIpc) is 2.37. The lowest BCUT2D eigenvalue weighted by Gasteiger charge is -2.08. The molecule has 1 aromatic carbocycles. The van der Waals surface area contributed by atoms with Crippen LogP contribution in [0, 0.1) is 11.3 Å². The highest BCUT2D eigenvalue weighted by atomic mass is 16.5. The second-order valence-corrected chi connectivity index (χ2v) is 3.28. The molecule has 86 valence electrons. The molecule has 0 aliphatic heterocycles. The lowest BCUT2D eigenvalue weighted by Crippen LogP contribution is -2.22. The fourth-order valence-corrected chi connectivity index (χ4v) is 1.37. The Morgan fingerprint density at radius 2 is 2.35 bits per heavy atom. The summed E-state index contributed by atoms with van der Waals surface area (Å²) in [5.41, 5.74) is 1.22. The summed E-state index contributed by atoms with van der Waals surface area (Å²) >= 11 is 0. The molecule has 1 unspecified atom stereocenters. The molecule has 0 bridgehead atoms. The van der Waals surface area contributed by atoms with Gasteiger partial charge in [0, 0.05) is 6.42 Å². The van der Waals surface area contributed by atoms with E-state index in [0.717, 1.165) is 5.56 Å².